The van der Waals surface area contributed by atoms with E-state index in [0.717, 1.165) is 82.8 Å². The molecule has 0 N–H and O–H groups in total. The average Bonchev–Trinajstić information content (AvgIpc) is 3.89. The topological polar surface area (TPSA) is 23.5 Å². The molecule has 3 heterocycles. The van der Waals surface area contributed by atoms with Crippen molar-refractivity contribution in [2.24, 2.45) is 0 Å². The summed E-state index contributed by atoms with van der Waals surface area (Å²) in [6.07, 6.45) is 0. The molecule has 0 aliphatic carbocycles. The summed E-state index contributed by atoms with van der Waals surface area (Å²) in [5.41, 5.74) is 12.3. The number of hydrogen-bond donors (Lipinski definition) is 0. The second-order valence-corrected chi connectivity index (χ2v) is 13.9. The summed E-state index contributed by atoms with van der Waals surface area (Å²) in [6.45, 7) is 16.4. The zero-order valence-corrected chi connectivity index (χ0v) is 29.5. The van der Waals surface area contributed by atoms with Crippen LogP contribution < -0.4 is 0 Å². The molecule has 0 amide bonds. The summed E-state index contributed by atoms with van der Waals surface area (Å²) in [6, 6.07) is 61.1. The first-order valence-electron chi connectivity index (χ1n) is 18.3. The van der Waals surface area contributed by atoms with Crippen molar-refractivity contribution in [2.75, 3.05) is 0 Å². The molecular formula is C50H29N5. The van der Waals surface area contributed by atoms with Gasteiger partial charge < -0.3 is 13.7 Å². The van der Waals surface area contributed by atoms with Gasteiger partial charge in [-0.2, -0.15) is 0 Å². The van der Waals surface area contributed by atoms with E-state index in [1.807, 2.05) is 18.2 Å². The Kier molecular flexibility index (Phi) is 6.61. The minimum absolute atomic E-state index is 0.580. The maximum atomic E-state index is 8.73. The van der Waals surface area contributed by atoms with Gasteiger partial charge in [0.05, 0.1) is 52.1 Å². The molecule has 0 unspecified atom stereocenters. The number of benzene rings is 8. The summed E-state index contributed by atoms with van der Waals surface area (Å²) in [4.78, 5) is 8.05. The molecule has 0 bridgehead atoms. The van der Waals surface area contributed by atoms with E-state index in [9.17, 15) is 0 Å². The van der Waals surface area contributed by atoms with Gasteiger partial charge in [0.1, 0.15) is 0 Å². The third-order valence-corrected chi connectivity index (χ3v) is 11.1. The fraction of sp³-hybridized carbons (Fsp3) is 0. The number of fused-ring (bicyclic) bond motifs is 9. The zero-order chi connectivity index (χ0) is 36.6. The lowest BCUT2D eigenvalue weighted by Gasteiger charge is -2.17. The van der Waals surface area contributed by atoms with Crippen molar-refractivity contribution in [3.8, 4) is 28.2 Å². The van der Waals surface area contributed by atoms with Crippen molar-refractivity contribution in [1.82, 2.24) is 13.7 Å². The molecule has 0 aliphatic rings. The van der Waals surface area contributed by atoms with Crippen molar-refractivity contribution >= 4 is 76.8 Å². The number of rotatable bonds is 4. The van der Waals surface area contributed by atoms with Crippen LogP contribution in [0.4, 0.5) is 11.4 Å². The van der Waals surface area contributed by atoms with E-state index in [1.54, 1.807) is 0 Å². The van der Waals surface area contributed by atoms with Crippen LogP contribution in [0.1, 0.15) is 0 Å². The quantitative estimate of drug-likeness (QED) is 0.163. The van der Waals surface area contributed by atoms with E-state index in [0.29, 0.717) is 11.4 Å². The van der Waals surface area contributed by atoms with Crippen LogP contribution in [-0.2, 0) is 0 Å². The molecule has 0 radical (unpaired) electrons. The highest BCUT2D eigenvalue weighted by atomic mass is 15.1. The lowest BCUT2D eigenvalue weighted by molar-refractivity contribution is 1.13. The third-order valence-electron chi connectivity index (χ3n) is 11.1. The highest BCUT2D eigenvalue weighted by Crippen LogP contribution is 2.44. The standard InChI is InChI=1S/C50H29N5/c1-51-33-28-29-40-38-18-3-7-22-42(38)53(48(40)31-33)34-15-11-14-32(30-34)35-20-12-26-46(49(35)52-2)55-45-25-10-6-19-39(45)41-21-13-27-47(50(41)55)54-43-23-8-4-16-36(43)37-17-5-9-24-44(37)54/h3-31H. The molecule has 254 valence electrons. The molecule has 0 spiro atoms. The maximum absolute atomic E-state index is 8.73. The smallest absolute Gasteiger partial charge is 0.218 e. The Morgan fingerprint density at radius 1 is 0.364 bits per heavy atom. The molecule has 0 atom stereocenters. The van der Waals surface area contributed by atoms with Crippen LogP contribution in [-0.4, -0.2) is 13.7 Å². The van der Waals surface area contributed by atoms with Crippen LogP contribution >= 0.6 is 0 Å². The van der Waals surface area contributed by atoms with Crippen LogP contribution in [0.15, 0.2) is 176 Å². The monoisotopic (exact) mass is 699 g/mol. The molecule has 0 saturated heterocycles. The first-order chi connectivity index (χ1) is 27.2. The van der Waals surface area contributed by atoms with E-state index in [1.165, 1.54) is 10.8 Å². The second kappa shape index (κ2) is 11.8. The molecule has 0 saturated carbocycles. The minimum Gasteiger partial charge on any atom is -0.317 e. The van der Waals surface area contributed by atoms with Gasteiger partial charge in [-0.3, -0.25) is 0 Å². The predicted octanol–water partition coefficient (Wildman–Crippen LogP) is 13.7. The lowest BCUT2D eigenvalue weighted by Crippen LogP contribution is -2.01. The van der Waals surface area contributed by atoms with Gasteiger partial charge in [0.2, 0.25) is 5.69 Å². The number of hydrogen-bond acceptors (Lipinski definition) is 0. The van der Waals surface area contributed by atoms with E-state index in [-0.39, 0.29) is 0 Å². The Morgan fingerprint density at radius 3 is 1.55 bits per heavy atom. The number of aromatic nitrogens is 3. The van der Waals surface area contributed by atoms with Gasteiger partial charge in [0.25, 0.3) is 0 Å². The summed E-state index contributed by atoms with van der Waals surface area (Å²) >= 11 is 0. The summed E-state index contributed by atoms with van der Waals surface area (Å²) in [7, 11) is 0. The molecule has 55 heavy (non-hydrogen) atoms. The van der Waals surface area contributed by atoms with Crippen molar-refractivity contribution in [3.63, 3.8) is 0 Å². The third kappa shape index (κ3) is 4.39. The lowest BCUT2D eigenvalue weighted by atomic mass is 10.0. The Bertz CT molecular complexity index is 3420. The van der Waals surface area contributed by atoms with Crippen LogP contribution in [0, 0.1) is 13.1 Å². The van der Waals surface area contributed by atoms with Crippen LogP contribution in [0.2, 0.25) is 0 Å². The van der Waals surface area contributed by atoms with Gasteiger partial charge in [-0.15, -0.1) is 0 Å². The normalized spacial score (nSPS) is 11.6. The highest BCUT2D eigenvalue weighted by molar-refractivity contribution is 6.15. The van der Waals surface area contributed by atoms with Crippen molar-refractivity contribution < 1.29 is 0 Å². The van der Waals surface area contributed by atoms with Crippen molar-refractivity contribution in [2.45, 2.75) is 0 Å². The molecule has 3 aromatic heterocycles. The minimum atomic E-state index is 0.580. The van der Waals surface area contributed by atoms with Gasteiger partial charge >= 0.3 is 0 Å². The summed E-state index contributed by atoms with van der Waals surface area (Å²) in [5.74, 6) is 0. The fourth-order valence-corrected chi connectivity index (χ4v) is 8.79. The van der Waals surface area contributed by atoms with Gasteiger partial charge in [-0.25, -0.2) is 9.69 Å². The van der Waals surface area contributed by atoms with Gasteiger partial charge in [-0.1, -0.05) is 121 Å². The van der Waals surface area contributed by atoms with Crippen LogP contribution in [0.3, 0.4) is 0 Å². The molecule has 11 rings (SSSR count). The first-order valence-corrected chi connectivity index (χ1v) is 18.3. The Balaban J connectivity index is 1.18. The van der Waals surface area contributed by atoms with Crippen molar-refractivity contribution in [1.29, 1.82) is 0 Å². The SMILES string of the molecule is [C-]#[N+]c1ccc2c3ccccc3n(-c3cccc(-c4cccc(-n5c6ccccc6c6cccc(-n7c8ccccc8c8ccccc87)c65)c4[N+]#[C-])c3)c2c1. The first kappa shape index (κ1) is 30.7. The molecule has 11 aromatic rings. The van der Waals surface area contributed by atoms with E-state index >= 15 is 0 Å². The van der Waals surface area contributed by atoms with E-state index in [2.05, 4.69) is 181 Å². The van der Waals surface area contributed by atoms with E-state index < -0.39 is 0 Å². The highest BCUT2D eigenvalue weighted by Gasteiger charge is 2.22. The predicted molar refractivity (Wildman–Crippen MR) is 227 cm³/mol. The molecule has 0 aliphatic heterocycles. The largest absolute Gasteiger partial charge is 0.317 e. The van der Waals surface area contributed by atoms with Gasteiger partial charge in [-0.05, 0) is 65.7 Å². The van der Waals surface area contributed by atoms with E-state index in [4.69, 9.17) is 13.1 Å². The summed E-state index contributed by atoms with van der Waals surface area (Å²) < 4.78 is 6.90. The van der Waals surface area contributed by atoms with Crippen molar-refractivity contribution in [3.05, 3.63) is 199 Å². The number of para-hydroxylation sites is 6. The van der Waals surface area contributed by atoms with Gasteiger partial charge in [0, 0.05) is 43.5 Å². The van der Waals surface area contributed by atoms with Gasteiger partial charge in [0.15, 0.2) is 5.69 Å². The Labute approximate surface area is 316 Å². The molecule has 8 aromatic carbocycles. The van der Waals surface area contributed by atoms with Crippen LogP contribution in [0.25, 0.3) is 103 Å². The number of nitrogens with zero attached hydrogens (tertiary/aromatic N) is 5. The maximum Gasteiger partial charge on any atom is 0.218 e. The molecule has 0 fully saturated rings. The molecular weight excluding hydrogens is 671 g/mol. The molecule has 5 heteroatoms. The summed E-state index contributed by atoms with van der Waals surface area (Å²) in [5, 5.41) is 6.90. The average molecular weight is 700 g/mol. The second-order valence-electron chi connectivity index (χ2n) is 13.9. The van der Waals surface area contributed by atoms with Crippen LogP contribution in [0.5, 0.6) is 0 Å². The fourth-order valence-electron chi connectivity index (χ4n) is 8.79. The Hall–Kier alpha value is -7.86. The Morgan fingerprint density at radius 2 is 0.891 bits per heavy atom. The zero-order valence-electron chi connectivity index (χ0n) is 29.5. The molecule has 5 nitrogen and oxygen atoms in total.